The summed E-state index contributed by atoms with van der Waals surface area (Å²) in [6.45, 7) is 4.91. The van der Waals surface area contributed by atoms with Gasteiger partial charge in [0.05, 0.1) is 12.4 Å². The Morgan fingerprint density at radius 3 is 3.11 bits per heavy atom. The van der Waals surface area contributed by atoms with Crippen LogP contribution in [0.1, 0.15) is 33.1 Å². The molecule has 2 heterocycles. The summed E-state index contributed by atoms with van der Waals surface area (Å²) >= 11 is 0. The molecule has 0 saturated carbocycles. The highest BCUT2D eigenvalue weighted by molar-refractivity contribution is 5.82. The van der Waals surface area contributed by atoms with E-state index in [0.717, 1.165) is 25.8 Å². The molecule has 1 aromatic heterocycles. The number of nitrogens with one attached hydrogen (secondary N) is 2. The van der Waals surface area contributed by atoms with Crippen molar-refractivity contribution in [2.75, 3.05) is 0 Å². The number of hydrogen-bond donors (Lipinski definition) is 2. The van der Waals surface area contributed by atoms with Gasteiger partial charge in [-0.2, -0.15) is 0 Å². The quantitative estimate of drug-likeness (QED) is 0.835. The molecule has 1 aliphatic heterocycles. The summed E-state index contributed by atoms with van der Waals surface area (Å²) in [5.41, 5.74) is 0. The fourth-order valence-electron chi connectivity index (χ4n) is 2.45. The van der Waals surface area contributed by atoms with Gasteiger partial charge in [-0.15, -0.1) is 0 Å². The first kappa shape index (κ1) is 13.1. The topological polar surface area (TPSA) is 59.0 Å². The van der Waals surface area contributed by atoms with Gasteiger partial charge in [0, 0.05) is 31.0 Å². The maximum Gasteiger partial charge on any atom is 0.237 e. The summed E-state index contributed by atoms with van der Waals surface area (Å²) in [5.74, 6) is 0.120. The van der Waals surface area contributed by atoms with Gasteiger partial charge in [-0.05, 0) is 33.1 Å². The summed E-state index contributed by atoms with van der Waals surface area (Å²) in [7, 11) is 0. The molecule has 0 radical (unpaired) electrons. The Labute approximate surface area is 108 Å². The highest BCUT2D eigenvalue weighted by atomic mass is 16.2. The second-order valence-corrected chi connectivity index (χ2v) is 5.22. The molecule has 2 rings (SSSR count). The minimum absolute atomic E-state index is 0.0287. The van der Waals surface area contributed by atoms with E-state index in [-0.39, 0.29) is 18.0 Å². The lowest BCUT2D eigenvalue weighted by Crippen LogP contribution is -2.52. The van der Waals surface area contributed by atoms with Crippen LogP contribution in [0.15, 0.2) is 18.7 Å². The fraction of sp³-hybridized carbons (Fsp3) is 0.692. The predicted molar refractivity (Wildman–Crippen MR) is 70.1 cm³/mol. The summed E-state index contributed by atoms with van der Waals surface area (Å²) in [6.07, 6.45) is 8.65. The molecule has 1 fully saturated rings. The smallest absolute Gasteiger partial charge is 0.237 e. The third-order valence-corrected chi connectivity index (χ3v) is 3.36. The van der Waals surface area contributed by atoms with Gasteiger partial charge in [0.25, 0.3) is 0 Å². The van der Waals surface area contributed by atoms with Crippen molar-refractivity contribution in [3.05, 3.63) is 18.7 Å². The largest absolute Gasteiger partial charge is 0.350 e. The zero-order valence-corrected chi connectivity index (χ0v) is 11.1. The normalized spacial score (nSPS) is 25.7. The fourth-order valence-corrected chi connectivity index (χ4v) is 2.45. The average molecular weight is 250 g/mol. The van der Waals surface area contributed by atoms with Crippen LogP contribution < -0.4 is 10.6 Å². The van der Waals surface area contributed by atoms with Gasteiger partial charge in [-0.3, -0.25) is 4.79 Å². The third kappa shape index (κ3) is 3.57. The van der Waals surface area contributed by atoms with Crippen LogP contribution in [0.5, 0.6) is 0 Å². The Kier molecular flexibility index (Phi) is 4.36. The molecule has 3 unspecified atom stereocenters. The molecule has 2 N–H and O–H groups in total. The van der Waals surface area contributed by atoms with Gasteiger partial charge < -0.3 is 15.2 Å². The monoisotopic (exact) mass is 250 g/mol. The second-order valence-electron chi connectivity index (χ2n) is 5.22. The van der Waals surface area contributed by atoms with Crippen molar-refractivity contribution in [3.8, 4) is 0 Å². The summed E-state index contributed by atoms with van der Waals surface area (Å²) < 4.78 is 1.97. The molecule has 5 nitrogen and oxygen atoms in total. The maximum atomic E-state index is 12.1. The summed E-state index contributed by atoms with van der Waals surface area (Å²) in [4.78, 5) is 16.1. The molecule has 0 aromatic carbocycles. The SMILES string of the molecule is CC(Cn1ccnc1)NC(=O)C1CCCC(C)N1. The average Bonchev–Trinajstić information content (AvgIpc) is 2.81. The van der Waals surface area contributed by atoms with Crippen LogP contribution in [-0.2, 0) is 11.3 Å². The zero-order chi connectivity index (χ0) is 13.0. The van der Waals surface area contributed by atoms with Crippen molar-refractivity contribution in [3.63, 3.8) is 0 Å². The maximum absolute atomic E-state index is 12.1. The third-order valence-electron chi connectivity index (χ3n) is 3.36. The van der Waals surface area contributed by atoms with Crippen molar-refractivity contribution in [1.82, 2.24) is 20.2 Å². The van der Waals surface area contributed by atoms with Crippen LogP contribution in [0.3, 0.4) is 0 Å². The number of nitrogens with zero attached hydrogens (tertiary/aromatic N) is 2. The Bertz CT molecular complexity index is 376. The number of hydrogen-bond acceptors (Lipinski definition) is 3. The van der Waals surface area contributed by atoms with Gasteiger partial charge in [-0.1, -0.05) is 0 Å². The lowest BCUT2D eigenvalue weighted by atomic mass is 9.99. The Hall–Kier alpha value is -1.36. The first-order valence-electron chi connectivity index (χ1n) is 6.67. The van der Waals surface area contributed by atoms with Gasteiger partial charge in [0.15, 0.2) is 0 Å². The molecule has 3 atom stereocenters. The highest BCUT2D eigenvalue weighted by Crippen LogP contribution is 2.12. The van der Waals surface area contributed by atoms with Crippen LogP contribution >= 0.6 is 0 Å². The van der Waals surface area contributed by atoms with Crippen molar-refractivity contribution in [2.45, 2.75) is 57.8 Å². The molecule has 1 aliphatic rings. The van der Waals surface area contributed by atoms with E-state index in [1.807, 2.05) is 17.7 Å². The van der Waals surface area contributed by atoms with E-state index >= 15 is 0 Å². The van der Waals surface area contributed by atoms with E-state index in [1.165, 1.54) is 0 Å². The molecule has 1 aromatic rings. The second kappa shape index (κ2) is 6.00. The highest BCUT2D eigenvalue weighted by Gasteiger charge is 2.24. The molecule has 100 valence electrons. The van der Waals surface area contributed by atoms with E-state index in [2.05, 4.69) is 22.5 Å². The molecular formula is C13H22N4O. The number of carbonyl (C=O) groups excluding carboxylic acids is 1. The molecule has 1 amide bonds. The molecule has 1 saturated heterocycles. The predicted octanol–water partition coefficient (Wildman–Crippen LogP) is 0.918. The van der Waals surface area contributed by atoms with Gasteiger partial charge >= 0.3 is 0 Å². The van der Waals surface area contributed by atoms with Crippen molar-refractivity contribution in [2.24, 2.45) is 0 Å². The summed E-state index contributed by atoms with van der Waals surface area (Å²) in [5, 5.41) is 6.41. The van der Waals surface area contributed by atoms with Gasteiger partial charge in [-0.25, -0.2) is 4.98 Å². The standard InChI is InChI=1S/C13H22N4O/c1-10-4-3-5-12(15-10)13(18)16-11(2)8-17-7-6-14-9-17/h6-7,9-12,15H,3-5,8H2,1-2H3,(H,16,18). The first-order chi connectivity index (χ1) is 8.65. The number of rotatable bonds is 4. The Balaban J connectivity index is 1.79. The van der Waals surface area contributed by atoms with Gasteiger partial charge in [0.1, 0.15) is 0 Å². The minimum atomic E-state index is -0.0287. The van der Waals surface area contributed by atoms with Crippen LogP contribution in [0.25, 0.3) is 0 Å². The lowest BCUT2D eigenvalue weighted by Gasteiger charge is -2.29. The molecule has 5 heteroatoms. The molecule has 0 bridgehead atoms. The van der Waals surface area contributed by atoms with Crippen molar-refractivity contribution in [1.29, 1.82) is 0 Å². The van der Waals surface area contributed by atoms with E-state index < -0.39 is 0 Å². The summed E-state index contributed by atoms with van der Waals surface area (Å²) in [6, 6.07) is 0.531. The first-order valence-corrected chi connectivity index (χ1v) is 6.67. The lowest BCUT2D eigenvalue weighted by molar-refractivity contribution is -0.124. The van der Waals surface area contributed by atoms with E-state index in [9.17, 15) is 4.79 Å². The number of amides is 1. The minimum Gasteiger partial charge on any atom is -0.350 e. The van der Waals surface area contributed by atoms with Crippen LogP contribution in [-0.4, -0.2) is 33.6 Å². The van der Waals surface area contributed by atoms with E-state index in [4.69, 9.17) is 0 Å². The number of carbonyl (C=O) groups is 1. The molecule has 0 aliphatic carbocycles. The van der Waals surface area contributed by atoms with Crippen molar-refractivity contribution < 1.29 is 4.79 Å². The van der Waals surface area contributed by atoms with E-state index in [1.54, 1.807) is 12.5 Å². The van der Waals surface area contributed by atoms with Crippen LogP contribution in [0.4, 0.5) is 0 Å². The number of imidazole rings is 1. The Morgan fingerprint density at radius 2 is 2.44 bits per heavy atom. The number of piperidine rings is 1. The molecule has 0 spiro atoms. The van der Waals surface area contributed by atoms with Crippen LogP contribution in [0, 0.1) is 0 Å². The molecule has 18 heavy (non-hydrogen) atoms. The van der Waals surface area contributed by atoms with Gasteiger partial charge in [0.2, 0.25) is 5.91 Å². The molecular weight excluding hydrogens is 228 g/mol. The Morgan fingerprint density at radius 1 is 1.61 bits per heavy atom. The van der Waals surface area contributed by atoms with E-state index in [0.29, 0.717) is 6.04 Å². The van der Waals surface area contributed by atoms with Crippen LogP contribution in [0.2, 0.25) is 0 Å². The number of aromatic nitrogens is 2. The van der Waals surface area contributed by atoms with Crippen molar-refractivity contribution >= 4 is 5.91 Å². The zero-order valence-electron chi connectivity index (χ0n) is 11.1.